The van der Waals surface area contributed by atoms with E-state index in [1.54, 1.807) is 18.3 Å². The Morgan fingerprint density at radius 2 is 1.83 bits per heavy atom. The Kier molecular flexibility index (Phi) is 7.57. The van der Waals surface area contributed by atoms with Crippen molar-refractivity contribution in [3.8, 4) is 0 Å². The average Bonchev–Trinajstić information content (AvgIpc) is 3.30. The summed E-state index contributed by atoms with van der Waals surface area (Å²) >= 11 is 6.52. The van der Waals surface area contributed by atoms with Gasteiger partial charge in [-0.25, -0.2) is 0 Å². The Labute approximate surface area is 212 Å². The quantitative estimate of drug-likeness (QED) is 0.503. The fourth-order valence-electron chi connectivity index (χ4n) is 5.47. The predicted molar refractivity (Wildman–Crippen MR) is 143 cm³/mol. The number of nitrogens with zero attached hydrogens (tertiary/aromatic N) is 3. The van der Waals surface area contributed by atoms with Gasteiger partial charge in [-0.1, -0.05) is 11.6 Å². The van der Waals surface area contributed by atoms with E-state index in [2.05, 4.69) is 41.2 Å². The monoisotopic (exact) mass is 497 g/mol. The van der Waals surface area contributed by atoms with Gasteiger partial charge in [0.25, 0.3) is 5.91 Å². The van der Waals surface area contributed by atoms with Gasteiger partial charge in [-0.3, -0.25) is 14.1 Å². The predicted octanol–water partition coefficient (Wildman–Crippen LogP) is 4.53. The number of H-pyrrole nitrogens is 1. The number of pyridine rings is 1. The highest BCUT2D eigenvalue weighted by Crippen LogP contribution is 2.34. The van der Waals surface area contributed by atoms with E-state index in [-0.39, 0.29) is 17.9 Å². The Bertz CT molecular complexity index is 1270. The van der Waals surface area contributed by atoms with E-state index in [0.29, 0.717) is 28.2 Å². The summed E-state index contributed by atoms with van der Waals surface area (Å²) in [6.45, 7) is 7.02. The number of hydrogen-bond donors (Lipinski definition) is 2. The van der Waals surface area contributed by atoms with Crippen molar-refractivity contribution in [2.75, 3.05) is 25.5 Å². The fraction of sp³-hybridized carbons (Fsp3) is 0.481. The summed E-state index contributed by atoms with van der Waals surface area (Å²) in [6, 6.07) is 8.19. The maximum Gasteiger partial charge on any atom is 0.251 e. The summed E-state index contributed by atoms with van der Waals surface area (Å²) in [5.41, 5.74) is 4.54. The molecule has 4 rings (SSSR count). The SMILES string of the molecule is CCN(c1cc(Cl)cc(C(=O)NCc2c(C)n3[nH]ccc3cc2=O)c1C)C1CCC(N(C)C)CC1. The highest BCUT2D eigenvalue weighted by Gasteiger charge is 2.28. The molecule has 1 aliphatic carbocycles. The van der Waals surface area contributed by atoms with Crippen LogP contribution in [0.3, 0.4) is 0 Å². The topological polar surface area (TPSA) is 72.8 Å². The smallest absolute Gasteiger partial charge is 0.251 e. The minimum absolute atomic E-state index is 0.0867. The summed E-state index contributed by atoms with van der Waals surface area (Å²) in [7, 11) is 4.31. The molecule has 2 N–H and O–H groups in total. The lowest BCUT2D eigenvalue weighted by molar-refractivity contribution is 0.0950. The molecule has 0 radical (unpaired) electrons. The van der Waals surface area contributed by atoms with E-state index in [1.165, 1.54) is 12.8 Å². The van der Waals surface area contributed by atoms with Crippen LogP contribution in [0.5, 0.6) is 0 Å². The van der Waals surface area contributed by atoms with Gasteiger partial charge >= 0.3 is 0 Å². The molecule has 2 heterocycles. The van der Waals surface area contributed by atoms with Crippen molar-refractivity contribution in [2.45, 2.75) is 65.1 Å². The van der Waals surface area contributed by atoms with Gasteiger partial charge in [-0.2, -0.15) is 0 Å². The van der Waals surface area contributed by atoms with Crippen LogP contribution in [0.25, 0.3) is 5.52 Å². The van der Waals surface area contributed by atoms with Crippen molar-refractivity contribution in [3.63, 3.8) is 0 Å². The third-order valence-electron chi connectivity index (χ3n) is 7.57. The molecule has 1 aromatic carbocycles. The second-order valence-electron chi connectivity index (χ2n) is 9.79. The molecule has 0 saturated heterocycles. The zero-order valence-electron chi connectivity index (χ0n) is 21.3. The van der Waals surface area contributed by atoms with Crippen molar-refractivity contribution in [2.24, 2.45) is 0 Å². The summed E-state index contributed by atoms with van der Waals surface area (Å²) in [4.78, 5) is 30.6. The molecule has 8 heteroatoms. The summed E-state index contributed by atoms with van der Waals surface area (Å²) in [6.07, 6.45) is 6.36. The molecule has 35 heavy (non-hydrogen) atoms. The summed E-state index contributed by atoms with van der Waals surface area (Å²) in [5, 5.41) is 6.59. The van der Waals surface area contributed by atoms with E-state index in [1.807, 2.05) is 30.5 Å². The van der Waals surface area contributed by atoms with Crippen LogP contribution in [0.2, 0.25) is 5.02 Å². The van der Waals surface area contributed by atoms with Crippen LogP contribution in [0, 0.1) is 13.8 Å². The second kappa shape index (κ2) is 10.5. The van der Waals surface area contributed by atoms with Crippen LogP contribution >= 0.6 is 11.6 Å². The van der Waals surface area contributed by atoms with Crippen molar-refractivity contribution >= 4 is 28.7 Å². The van der Waals surface area contributed by atoms with E-state index >= 15 is 0 Å². The number of anilines is 1. The molecule has 7 nitrogen and oxygen atoms in total. The molecule has 1 fully saturated rings. The number of nitrogens with one attached hydrogen (secondary N) is 2. The van der Waals surface area contributed by atoms with Crippen LogP contribution < -0.4 is 15.6 Å². The third kappa shape index (κ3) is 5.11. The minimum atomic E-state index is -0.228. The van der Waals surface area contributed by atoms with Gasteiger partial charge in [0.1, 0.15) is 0 Å². The van der Waals surface area contributed by atoms with Gasteiger partial charge in [0.2, 0.25) is 0 Å². The van der Waals surface area contributed by atoms with Gasteiger partial charge < -0.3 is 20.2 Å². The molecule has 0 unspecified atom stereocenters. The fourth-order valence-corrected chi connectivity index (χ4v) is 5.69. The Morgan fingerprint density at radius 1 is 1.14 bits per heavy atom. The lowest BCUT2D eigenvalue weighted by Gasteiger charge is -2.40. The Hall–Kier alpha value is -2.77. The number of carbonyl (C=O) groups excluding carboxylic acids is 1. The van der Waals surface area contributed by atoms with E-state index in [0.717, 1.165) is 41.8 Å². The van der Waals surface area contributed by atoms with Gasteiger partial charge in [0.15, 0.2) is 5.43 Å². The summed E-state index contributed by atoms with van der Waals surface area (Å²) < 4.78 is 1.84. The van der Waals surface area contributed by atoms with Gasteiger partial charge in [0.05, 0.1) is 5.52 Å². The number of benzene rings is 1. The molecule has 188 valence electrons. The molecule has 3 aromatic rings. The van der Waals surface area contributed by atoms with Crippen LogP contribution in [0.4, 0.5) is 5.69 Å². The standard InChI is InChI=1S/C27H36ClN5O2/c1-6-32(21-9-7-20(8-10-21)31(4)5)25-14-19(28)13-23(17(25)2)27(35)29-16-24-18(3)33-22(11-12-30-33)15-26(24)34/h11-15,20-21,30H,6-10,16H2,1-5H3,(H,29,35). The van der Waals surface area contributed by atoms with Crippen molar-refractivity contribution in [3.05, 3.63) is 68.1 Å². The Morgan fingerprint density at radius 3 is 2.49 bits per heavy atom. The number of aryl methyl sites for hydroxylation is 1. The molecule has 1 aliphatic rings. The average molecular weight is 498 g/mol. The number of aromatic amines is 1. The van der Waals surface area contributed by atoms with Crippen LogP contribution in [0.1, 0.15) is 59.8 Å². The molecule has 0 bridgehead atoms. The second-order valence-corrected chi connectivity index (χ2v) is 10.2. The van der Waals surface area contributed by atoms with Gasteiger partial charge in [-0.15, -0.1) is 0 Å². The lowest BCUT2D eigenvalue weighted by atomic mass is 9.89. The van der Waals surface area contributed by atoms with Crippen LogP contribution in [-0.4, -0.2) is 53.1 Å². The molecule has 2 aromatic heterocycles. The molecule has 0 atom stereocenters. The van der Waals surface area contributed by atoms with Crippen molar-refractivity contribution in [1.29, 1.82) is 0 Å². The number of carbonyl (C=O) groups is 1. The minimum Gasteiger partial charge on any atom is -0.369 e. The number of halogens is 1. The van der Waals surface area contributed by atoms with Crippen LogP contribution in [0.15, 0.2) is 35.3 Å². The van der Waals surface area contributed by atoms with Gasteiger partial charge in [0, 0.05) is 65.0 Å². The molecule has 0 aliphatic heterocycles. The first kappa shape index (κ1) is 25.3. The summed E-state index contributed by atoms with van der Waals surface area (Å²) in [5.74, 6) is -0.228. The zero-order chi connectivity index (χ0) is 25.3. The lowest BCUT2D eigenvalue weighted by Crippen LogP contribution is -2.42. The van der Waals surface area contributed by atoms with E-state index < -0.39 is 0 Å². The van der Waals surface area contributed by atoms with Gasteiger partial charge in [-0.05, 0) is 84.3 Å². The number of fused-ring (bicyclic) bond motifs is 1. The molecule has 1 saturated carbocycles. The maximum absolute atomic E-state index is 13.3. The number of aromatic nitrogens is 2. The maximum atomic E-state index is 13.3. The first-order valence-corrected chi connectivity index (χ1v) is 12.8. The number of hydrogen-bond acceptors (Lipinski definition) is 4. The first-order chi connectivity index (χ1) is 16.7. The molecule has 1 amide bonds. The molecular weight excluding hydrogens is 462 g/mol. The normalized spacial score (nSPS) is 18.3. The third-order valence-corrected chi connectivity index (χ3v) is 7.79. The number of amides is 1. The van der Waals surface area contributed by atoms with Crippen molar-refractivity contribution in [1.82, 2.24) is 19.8 Å². The zero-order valence-corrected chi connectivity index (χ0v) is 22.1. The first-order valence-electron chi connectivity index (χ1n) is 12.4. The highest BCUT2D eigenvalue weighted by atomic mass is 35.5. The highest BCUT2D eigenvalue weighted by molar-refractivity contribution is 6.31. The largest absolute Gasteiger partial charge is 0.369 e. The van der Waals surface area contributed by atoms with E-state index in [4.69, 9.17) is 11.6 Å². The van der Waals surface area contributed by atoms with Crippen molar-refractivity contribution < 1.29 is 4.79 Å². The molecule has 0 spiro atoms. The Balaban J connectivity index is 1.55. The van der Waals surface area contributed by atoms with E-state index in [9.17, 15) is 9.59 Å². The number of rotatable bonds is 7. The van der Waals surface area contributed by atoms with Crippen LogP contribution in [-0.2, 0) is 6.54 Å². The molecular formula is C27H36ClN5O2.